The van der Waals surface area contributed by atoms with Crippen LogP contribution in [0, 0.1) is 25.2 Å². The fraction of sp³-hybridized carbons (Fsp3) is 0.0769. The molecular formula is C26H21N5O2. The van der Waals surface area contributed by atoms with Crippen molar-refractivity contribution in [2.45, 2.75) is 13.8 Å². The summed E-state index contributed by atoms with van der Waals surface area (Å²) in [7, 11) is 0. The van der Waals surface area contributed by atoms with Gasteiger partial charge < -0.3 is 15.4 Å². The summed E-state index contributed by atoms with van der Waals surface area (Å²) < 4.78 is 5.95. The quantitative estimate of drug-likeness (QED) is 0.373. The Bertz CT molecular complexity index is 1410. The van der Waals surface area contributed by atoms with Crippen LogP contribution < -0.4 is 15.4 Å². The van der Waals surface area contributed by atoms with Crippen molar-refractivity contribution in [3.8, 4) is 17.6 Å². The van der Waals surface area contributed by atoms with Gasteiger partial charge in [0.25, 0.3) is 0 Å². The molecule has 33 heavy (non-hydrogen) atoms. The summed E-state index contributed by atoms with van der Waals surface area (Å²) >= 11 is 0. The fourth-order valence-electron chi connectivity index (χ4n) is 3.31. The molecule has 7 heteroatoms. The number of carbonyl (C=O) groups excluding carboxylic acids is 1. The number of benzene rings is 2. The van der Waals surface area contributed by atoms with Crippen LogP contribution in [-0.4, -0.2) is 15.9 Å². The number of pyridine rings is 2. The number of fused-ring (bicyclic) bond motifs is 1. The van der Waals surface area contributed by atoms with E-state index >= 15 is 0 Å². The number of amides is 1. The van der Waals surface area contributed by atoms with Crippen LogP contribution >= 0.6 is 0 Å². The zero-order valence-corrected chi connectivity index (χ0v) is 18.2. The predicted molar refractivity (Wildman–Crippen MR) is 129 cm³/mol. The Labute approximate surface area is 191 Å². The van der Waals surface area contributed by atoms with Gasteiger partial charge in [-0.25, -0.2) is 0 Å². The van der Waals surface area contributed by atoms with Crippen molar-refractivity contribution in [3.05, 3.63) is 90.4 Å². The Balaban J connectivity index is 1.67. The number of nitrogens with one attached hydrogen (secondary N) is 2. The normalized spacial score (nSPS) is 10.3. The Morgan fingerprint density at radius 3 is 2.58 bits per heavy atom. The second-order valence-corrected chi connectivity index (χ2v) is 7.43. The van der Waals surface area contributed by atoms with Crippen LogP contribution in [0.25, 0.3) is 10.9 Å². The zero-order chi connectivity index (χ0) is 23.4. The summed E-state index contributed by atoms with van der Waals surface area (Å²) in [4.78, 5) is 20.3. The summed E-state index contributed by atoms with van der Waals surface area (Å²) in [6.45, 7) is 7.34. The van der Waals surface area contributed by atoms with Crippen molar-refractivity contribution >= 4 is 33.9 Å². The van der Waals surface area contributed by atoms with Crippen LogP contribution in [0.1, 0.15) is 16.8 Å². The molecule has 0 aliphatic carbocycles. The lowest BCUT2D eigenvalue weighted by Gasteiger charge is -2.15. The molecule has 4 rings (SSSR count). The van der Waals surface area contributed by atoms with Crippen LogP contribution in [0.2, 0.25) is 0 Å². The molecule has 2 N–H and O–H groups in total. The van der Waals surface area contributed by atoms with E-state index < -0.39 is 0 Å². The Morgan fingerprint density at radius 1 is 1.06 bits per heavy atom. The van der Waals surface area contributed by atoms with Gasteiger partial charge in [0.1, 0.15) is 17.6 Å². The number of aryl methyl sites for hydroxylation is 2. The molecule has 0 bridgehead atoms. The first-order chi connectivity index (χ1) is 16.0. The van der Waals surface area contributed by atoms with Crippen LogP contribution in [0.4, 0.5) is 17.1 Å². The van der Waals surface area contributed by atoms with Crippen LogP contribution in [-0.2, 0) is 4.79 Å². The van der Waals surface area contributed by atoms with Gasteiger partial charge in [-0.05, 0) is 74.0 Å². The smallest absolute Gasteiger partial charge is 0.247 e. The minimum Gasteiger partial charge on any atom is -0.455 e. The van der Waals surface area contributed by atoms with Gasteiger partial charge in [0.2, 0.25) is 5.91 Å². The van der Waals surface area contributed by atoms with Gasteiger partial charge in [0.05, 0.1) is 23.0 Å². The summed E-state index contributed by atoms with van der Waals surface area (Å²) in [6, 6.07) is 16.9. The Morgan fingerprint density at radius 2 is 1.88 bits per heavy atom. The molecule has 0 spiro atoms. The number of anilines is 3. The highest BCUT2D eigenvalue weighted by molar-refractivity contribution is 6.02. The van der Waals surface area contributed by atoms with Crippen LogP contribution in [0.3, 0.4) is 0 Å². The SMILES string of the molecule is C=CC(=O)Nc1ccc2ncc(C#N)c(Nc3ccc(Oc4ccc(C)nc4)c(C)c3)c2c1. The lowest BCUT2D eigenvalue weighted by Crippen LogP contribution is -2.07. The van der Waals surface area contributed by atoms with Gasteiger partial charge in [-0.1, -0.05) is 6.58 Å². The number of hydrogen-bond donors (Lipinski definition) is 2. The van der Waals surface area contributed by atoms with E-state index in [2.05, 4.69) is 33.2 Å². The number of rotatable bonds is 6. The molecule has 0 aliphatic heterocycles. The Kier molecular flexibility index (Phi) is 6.00. The molecule has 1 amide bonds. The molecular weight excluding hydrogens is 414 g/mol. The minimum absolute atomic E-state index is 0.316. The third-order valence-corrected chi connectivity index (χ3v) is 5.00. The third-order valence-electron chi connectivity index (χ3n) is 5.00. The highest BCUT2D eigenvalue weighted by atomic mass is 16.5. The number of hydrogen-bond acceptors (Lipinski definition) is 6. The molecule has 0 unspecified atom stereocenters. The number of nitriles is 1. The third kappa shape index (κ3) is 4.81. The lowest BCUT2D eigenvalue weighted by atomic mass is 10.1. The van der Waals surface area contributed by atoms with E-state index in [0.717, 1.165) is 16.9 Å². The largest absolute Gasteiger partial charge is 0.455 e. The molecule has 0 atom stereocenters. The summed E-state index contributed by atoms with van der Waals surface area (Å²) in [5, 5.41) is 16.4. The maximum absolute atomic E-state index is 11.7. The molecule has 2 heterocycles. The van der Waals surface area contributed by atoms with Gasteiger partial charge >= 0.3 is 0 Å². The van der Waals surface area contributed by atoms with E-state index in [4.69, 9.17) is 4.74 Å². The predicted octanol–water partition coefficient (Wildman–Crippen LogP) is 5.78. The molecule has 162 valence electrons. The fourth-order valence-corrected chi connectivity index (χ4v) is 3.31. The summed E-state index contributed by atoms with van der Waals surface area (Å²) in [6.07, 6.45) is 4.42. The minimum atomic E-state index is -0.316. The summed E-state index contributed by atoms with van der Waals surface area (Å²) in [5.41, 5.74) is 4.88. The molecule has 0 saturated heterocycles. The van der Waals surface area contributed by atoms with E-state index in [1.165, 1.54) is 12.3 Å². The molecule has 0 fully saturated rings. The number of nitrogens with zero attached hydrogens (tertiary/aromatic N) is 3. The van der Waals surface area contributed by atoms with E-state index in [0.29, 0.717) is 39.3 Å². The molecule has 2 aromatic heterocycles. The van der Waals surface area contributed by atoms with Gasteiger partial charge in [-0.15, -0.1) is 0 Å². The highest BCUT2D eigenvalue weighted by Crippen LogP contribution is 2.33. The van der Waals surface area contributed by atoms with Crippen molar-refractivity contribution in [1.82, 2.24) is 9.97 Å². The van der Waals surface area contributed by atoms with Gasteiger partial charge in [0.15, 0.2) is 0 Å². The molecule has 0 aliphatic rings. The monoisotopic (exact) mass is 435 g/mol. The molecule has 0 radical (unpaired) electrons. The van der Waals surface area contributed by atoms with Crippen molar-refractivity contribution < 1.29 is 9.53 Å². The van der Waals surface area contributed by atoms with Crippen LogP contribution in [0.5, 0.6) is 11.5 Å². The number of carbonyl (C=O) groups is 1. The Hall–Kier alpha value is -4.70. The first-order valence-corrected chi connectivity index (χ1v) is 10.2. The van der Waals surface area contributed by atoms with E-state index in [1.807, 2.05) is 44.2 Å². The van der Waals surface area contributed by atoms with Crippen molar-refractivity contribution in [3.63, 3.8) is 0 Å². The van der Waals surface area contributed by atoms with Crippen LogP contribution in [0.15, 0.2) is 73.6 Å². The first-order valence-electron chi connectivity index (χ1n) is 10.2. The first kappa shape index (κ1) is 21.5. The average Bonchev–Trinajstić information content (AvgIpc) is 2.82. The molecule has 2 aromatic carbocycles. The van der Waals surface area contributed by atoms with Crippen molar-refractivity contribution in [1.29, 1.82) is 5.26 Å². The highest BCUT2D eigenvalue weighted by Gasteiger charge is 2.12. The standard InChI is InChI=1S/C26H21N5O2/c1-4-25(32)30-20-6-9-23-22(12-20)26(18(13-27)14-29-23)31-19-7-10-24(16(2)11-19)33-21-8-5-17(3)28-15-21/h4-12,14-15H,1H2,2-3H3,(H,29,31)(H,30,32). The van der Waals surface area contributed by atoms with E-state index in [-0.39, 0.29) is 5.91 Å². The van der Waals surface area contributed by atoms with E-state index in [1.54, 1.807) is 24.4 Å². The number of ether oxygens (including phenoxy) is 1. The molecule has 7 nitrogen and oxygen atoms in total. The van der Waals surface area contributed by atoms with Gasteiger partial charge in [-0.3, -0.25) is 14.8 Å². The second kappa shape index (κ2) is 9.20. The second-order valence-electron chi connectivity index (χ2n) is 7.43. The maximum Gasteiger partial charge on any atom is 0.247 e. The van der Waals surface area contributed by atoms with Crippen molar-refractivity contribution in [2.75, 3.05) is 10.6 Å². The average molecular weight is 435 g/mol. The van der Waals surface area contributed by atoms with Gasteiger partial charge in [-0.2, -0.15) is 5.26 Å². The van der Waals surface area contributed by atoms with Gasteiger partial charge in [0, 0.05) is 28.7 Å². The van der Waals surface area contributed by atoms with Crippen molar-refractivity contribution in [2.24, 2.45) is 0 Å². The molecule has 4 aromatic rings. The topological polar surface area (TPSA) is 99.9 Å². The summed E-state index contributed by atoms with van der Waals surface area (Å²) in [5.74, 6) is 1.05. The number of aromatic nitrogens is 2. The van der Waals surface area contributed by atoms with E-state index in [9.17, 15) is 10.1 Å². The lowest BCUT2D eigenvalue weighted by molar-refractivity contribution is -0.111. The maximum atomic E-state index is 11.7. The molecule has 0 saturated carbocycles. The zero-order valence-electron chi connectivity index (χ0n) is 18.2.